The average Bonchev–Trinajstić information content (AvgIpc) is 2.44. The lowest BCUT2D eigenvalue weighted by Crippen LogP contribution is -2.39. The number of nitro groups is 1. The normalized spacial score (nSPS) is 10.9. The van der Waals surface area contributed by atoms with Crippen molar-refractivity contribution in [1.82, 2.24) is 5.32 Å². The molecule has 1 aromatic carbocycles. The van der Waals surface area contributed by atoms with Crippen molar-refractivity contribution in [2.24, 2.45) is 5.41 Å². The molecule has 0 aliphatic rings. The molecule has 0 unspecified atom stereocenters. The van der Waals surface area contributed by atoms with Gasteiger partial charge in [0.15, 0.2) is 0 Å². The van der Waals surface area contributed by atoms with Gasteiger partial charge in [-0.1, -0.05) is 0 Å². The molecule has 0 saturated carbocycles. The average molecular weight is 295 g/mol. The number of nitrogens with zero attached hydrogens (tertiary/aromatic N) is 1. The lowest BCUT2D eigenvalue weighted by Gasteiger charge is -2.23. The number of hydrogen-bond acceptors (Lipinski definition) is 5. The van der Waals surface area contributed by atoms with Crippen LogP contribution in [0.1, 0.15) is 20.8 Å². The third-order valence-corrected chi connectivity index (χ3v) is 2.99. The number of ether oxygens (including phenoxy) is 1. The van der Waals surface area contributed by atoms with Gasteiger partial charge in [-0.15, -0.1) is 0 Å². The molecule has 1 aromatic rings. The number of hydrogen-bond donors (Lipinski definition) is 2. The molecule has 0 atom stereocenters. The van der Waals surface area contributed by atoms with Crippen LogP contribution in [0.2, 0.25) is 0 Å². The second-order valence-electron chi connectivity index (χ2n) is 5.22. The summed E-state index contributed by atoms with van der Waals surface area (Å²) in [6, 6.07) is 4.47. The fourth-order valence-corrected chi connectivity index (χ4v) is 1.78. The molecular weight excluding hydrogens is 274 g/mol. The number of nitro benzene ring substituents is 1. The van der Waals surface area contributed by atoms with Gasteiger partial charge in [0.2, 0.25) is 5.91 Å². The molecule has 1 amide bonds. The van der Waals surface area contributed by atoms with E-state index < -0.39 is 10.3 Å². The van der Waals surface area contributed by atoms with Crippen molar-refractivity contribution < 1.29 is 14.5 Å². The lowest BCUT2D eigenvalue weighted by atomic mass is 9.92. The molecule has 1 rings (SSSR count). The highest BCUT2D eigenvalue weighted by molar-refractivity contribution is 5.82. The van der Waals surface area contributed by atoms with Crippen LogP contribution in [-0.2, 0) is 4.79 Å². The van der Waals surface area contributed by atoms with Gasteiger partial charge in [0.1, 0.15) is 5.75 Å². The van der Waals surface area contributed by atoms with Gasteiger partial charge in [-0.2, -0.15) is 0 Å². The fraction of sp³-hybridized carbons (Fsp3) is 0.500. The maximum Gasteiger partial charge on any atom is 0.275 e. The Hall–Kier alpha value is -2.31. The number of nitrogens with one attached hydrogen (secondary N) is 2. The second-order valence-corrected chi connectivity index (χ2v) is 5.22. The highest BCUT2D eigenvalue weighted by Gasteiger charge is 2.26. The quantitative estimate of drug-likeness (QED) is 0.594. The van der Waals surface area contributed by atoms with Crippen molar-refractivity contribution in [2.45, 2.75) is 20.8 Å². The van der Waals surface area contributed by atoms with E-state index >= 15 is 0 Å². The van der Waals surface area contributed by atoms with Gasteiger partial charge in [-0.05, 0) is 20.8 Å². The van der Waals surface area contributed by atoms with Crippen molar-refractivity contribution in [3.05, 3.63) is 28.3 Å². The van der Waals surface area contributed by atoms with Crippen LogP contribution < -0.4 is 15.4 Å². The van der Waals surface area contributed by atoms with Crippen LogP contribution in [0.15, 0.2) is 18.2 Å². The van der Waals surface area contributed by atoms with Gasteiger partial charge in [-0.25, -0.2) is 0 Å². The third kappa shape index (κ3) is 4.62. The Balaban J connectivity index is 2.92. The summed E-state index contributed by atoms with van der Waals surface area (Å²) in [6.45, 7) is 6.16. The van der Waals surface area contributed by atoms with E-state index in [0.717, 1.165) is 0 Å². The van der Waals surface area contributed by atoms with Crippen LogP contribution in [0.4, 0.5) is 11.4 Å². The standard InChI is InChI=1S/C14H21N3O4/c1-5-21-12-7-10(6-11(8-12)17(19)20)16-9-14(2,3)13(18)15-4/h6-8,16H,5,9H2,1-4H3,(H,15,18). The minimum atomic E-state index is -0.634. The van der Waals surface area contributed by atoms with Crippen LogP contribution >= 0.6 is 0 Å². The number of carbonyl (C=O) groups is 1. The number of anilines is 1. The number of non-ortho nitro benzene ring substituents is 1. The molecule has 0 saturated heterocycles. The first kappa shape index (κ1) is 16.7. The molecule has 0 heterocycles. The maximum absolute atomic E-state index is 11.7. The van der Waals surface area contributed by atoms with Crippen molar-refractivity contribution in [3.63, 3.8) is 0 Å². The summed E-state index contributed by atoms with van der Waals surface area (Å²) in [5.74, 6) is 0.317. The van der Waals surface area contributed by atoms with Crippen molar-refractivity contribution in [1.29, 1.82) is 0 Å². The molecular formula is C14H21N3O4. The smallest absolute Gasteiger partial charge is 0.275 e. The minimum absolute atomic E-state index is 0.0544. The third-order valence-electron chi connectivity index (χ3n) is 2.99. The van der Waals surface area contributed by atoms with Gasteiger partial charge in [0.25, 0.3) is 5.69 Å². The molecule has 0 radical (unpaired) electrons. The molecule has 0 aromatic heterocycles. The highest BCUT2D eigenvalue weighted by Crippen LogP contribution is 2.27. The molecule has 21 heavy (non-hydrogen) atoms. The van der Waals surface area contributed by atoms with Crippen LogP contribution in [-0.4, -0.2) is 31.0 Å². The van der Waals surface area contributed by atoms with Crippen molar-refractivity contribution >= 4 is 17.3 Å². The first-order valence-corrected chi connectivity index (χ1v) is 6.68. The molecule has 0 bridgehead atoms. The molecule has 0 spiro atoms. The summed E-state index contributed by atoms with van der Waals surface area (Å²) in [4.78, 5) is 22.2. The molecule has 7 nitrogen and oxygen atoms in total. The van der Waals surface area contributed by atoms with E-state index in [4.69, 9.17) is 4.74 Å². The number of carbonyl (C=O) groups excluding carboxylic acids is 1. The first-order valence-electron chi connectivity index (χ1n) is 6.68. The Kier molecular flexibility index (Phi) is 5.52. The van der Waals surface area contributed by atoms with E-state index in [1.54, 1.807) is 33.9 Å². The number of amides is 1. The van der Waals surface area contributed by atoms with E-state index in [2.05, 4.69) is 10.6 Å². The van der Waals surface area contributed by atoms with E-state index in [9.17, 15) is 14.9 Å². The van der Waals surface area contributed by atoms with Gasteiger partial charge in [0, 0.05) is 31.4 Å². The second kappa shape index (κ2) is 6.92. The predicted octanol–water partition coefficient (Wildman–Crippen LogP) is 2.18. The number of benzene rings is 1. The Morgan fingerprint density at radius 3 is 2.57 bits per heavy atom. The van der Waals surface area contributed by atoms with Crippen LogP contribution in [0.25, 0.3) is 0 Å². The summed E-state index contributed by atoms with van der Waals surface area (Å²) in [7, 11) is 1.57. The van der Waals surface area contributed by atoms with Gasteiger partial charge in [0.05, 0.1) is 23.0 Å². The van der Waals surface area contributed by atoms with E-state index in [1.807, 2.05) is 0 Å². The number of rotatable bonds is 7. The molecule has 7 heteroatoms. The summed E-state index contributed by atoms with van der Waals surface area (Å²) in [5, 5.41) is 16.6. The topological polar surface area (TPSA) is 93.5 Å². The Labute approximate surface area is 123 Å². The summed E-state index contributed by atoms with van der Waals surface area (Å²) < 4.78 is 5.31. The Bertz CT molecular complexity index is 529. The zero-order valence-corrected chi connectivity index (χ0v) is 12.7. The zero-order valence-electron chi connectivity index (χ0n) is 12.7. The van der Waals surface area contributed by atoms with Gasteiger partial charge in [-0.3, -0.25) is 14.9 Å². The predicted molar refractivity (Wildman–Crippen MR) is 80.6 cm³/mol. The van der Waals surface area contributed by atoms with E-state index in [0.29, 0.717) is 24.6 Å². The zero-order chi connectivity index (χ0) is 16.0. The Morgan fingerprint density at radius 1 is 1.38 bits per heavy atom. The van der Waals surface area contributed by atoms with Crippen LogP contribution in [0.5, 0.6) is 5.75 Å². The summed E-state index contributed by atoms with van der Waals surface area (Å²) >= 11 is 0. The molecule has 2 N–H and O–H groups in total. The minimum Gasteiger partial charge on any atom is -0.494 e. The molecule has 116 valence electrons. The molecule has 0 aliphatic carbocycles. The van der Waals surface area contributed by atoms with Crippen molar-refractivity contribution in [3.8, 4) is 5.75 Å². The maximum atomic E-state index is 11.7. The summed E-state index contributed by atoms with van der Waals surface area (Å²) in [5.41, 5.74) is -0.142. The monoisotopic (exact) mass is 295 g/mol. The SMILES string of the molecule is CCOc1cc(NCC(C)(C)C(=O)NC)cc([N+](=O)[O-])c1. The van der Waals surface area contributed by atoms with Gasteiger partial charge < -0.3 is 15.4 Å². The van der Waals surface area contributed by atoms with E-state index in [1.165, 1.54) is 12.1 Å². The molecule has 0 aliphatic heterocycles. The molecule has 0 fully saturated rings. The van der Waals surface area contributed by atoms with E-state index in [-0.39, 0.29) is 11.6 Å². The van der Waals surface area contributed by atoms with Crippen LogP contribution in [0, 0.1) is 15.5 Å². The first-order chi connectivity index (χ1) is 9.80. The van der Waals surface area contributed by atoms with Crippen molar-refractivity contribution in [2.75, 3.05) is 25.5 Å². The summed E-state index contributed by atoms with van der Waals surface area (Å²) in [6.07, 6.45) is 0. The largest absolute Gasteiger partial charge is 0.494 e. The Morgan fingerprint density at radius 2 is 2.05 bits per heavy atom. The van der Waals surface area contributed by atoms with Crippen LogP contribution in [0.3, 0.4) is 0 Å². The highest BCUT2D eigenvalue weighted by atomic mass is 16.6. The lowest BCUT2D eigenvalue weighted by molar-refractivity contribution is -0.384. The fourth-order valence-electron chi connectivity index (χ4n) is 1.78. The van der Waals surface area contributed by atoms with Gasteiger partial charge >= 0.3 is 0 Å².